The molecular formula is C22H21F6NO5S. The quantitative estimate of drug-likeness (QED) is 0.489. The van der Waals surface area contributed by atoms with Gasteiger partial charge in [-0.3, -0.25) is 4.79 Å². The Morgan fingerprint density at radius 1 is 1.14 bits per heavy atom. The first-order valence-corrected chi connectivity index (χ1v) is 12.1. The Morgan fingerprint density at radius 2 is 1.77 bits per heavy atom. The predicted octanol–water partition coefficient (Wildman–Crippen LogP) is 4.74. The Balaban J connectivity index is 1.95. The molecule has 2 aromatic carbocycles. The molecule has 0 bridgehead atoms. The van der Waals surface area contributed by atoms with Crippen LogP contribution in [0, 0.1) is 5.82 Å². The van der Waals surface area contributed by atoms with Crippen LogP contribution in [0.2, 0.25) is 0 Å². The van der Waals surface area contributed by atoms with Crippen molar-refractivity contribution in [3.8, 4) is 11.5 Å². The van der Waals surface area contributed by atoms with Gasteiger partial charge in [-0.05, 0) is 30.7 Å². The molecule has 0 unspecified atom stereocenters. The van der Waals surface area contributed by atoms with Gasteiger partial charge in [0.05, 0.1) is 7.11 Å². The third-order valence-corrected chi connectivity index (χ3v) is 6.67. The zero-order valence-corrected chi connectivity index (χ0v) is 19.5. The highest BCUT2D eigenvalue weighted by Gasteiger charge is 2.41. The Morgan fingerprint density at radius 3 is 2.26 bits per heavy atom. The number of likely N-dealkylation sites (tertiary alicyclic amines) is 1. The Hall–Kier alpha value is -2.96. The SMILES string of the molecule is COc1c(S(C)(=O)=O)ccc(O[C@@H](C)C(F)(F)F)c1C(=O)N1CC(c2ccc(C(F)F)cc2F)C1. The molecule has 1 aliphatic heterocycles. The molecular weight excluding hydrogens is 504 g/mol. The third kappa shape index (κ3) is 5.49. The summed E-state index contributed by atoms with van der Waals surface area (Å²) in [5.74, 6) is -3.36. The molecule has 0 radical (unpaired) electrons. The van der Waals surface area contributed by atoms with Gasteiger partial charge in [-0.15, -0.1) is 0 Å². The van der Waals surface area contributed by atoms with E-state index in [9.17, 15) is 39.6 Å². The number of hydrogen-bond donors (Lipinski definition) is 0. The Kier molecular flexibility index (Phi) is 7.30. The van der Waals surface area contributed by atoms with Gasteiger partial charge < -0.3 is 14.4 Å². The molecule has 0 spiro atoms. The number of benzene rings is 2. The van der Waals surface area contributed by atoms with Gasteiger partial charge in [-0.25, -0.2) is 21.6 Å². The number of rotatable bonds is 7. The number of nitrogens with zero attached hydrogens (tertiary/aromatic N) is 1. The van der Waals surface area contributed by atoms with Crippen LogP contribution in [0.4, 0.5) is 26.3 Å². The summed E-state index contributed by atoms with van der Waals surface area (Å²) in [6.07, 6.45) is -9.12. The minimum Gasteiger partial charge on any atom is -0.494 e. The molecule has 3 rings (SSSR count). The molecule has 13 heteroatoms. The molecule has 6 nitrogen and oxygen atoms in total. The molecule has 1 saturated heterocycles. The van der Waals surface area contributed by atoms with Gasteiger partial charge in [-0.1, -0.05) is 12.1 Å². The van der Waals surface area contributed by atoms with Crippen molar-refractivity contribution in [2.75, 3.05) is 26.5 Å². The largest absolute Gasteiger partial charge is 0.494 e. The molecule has 1 atom stereocenters. The fourth-order valence-corrected chi connectivity index (χ4v) is 4.44. The first-order valence-electron chi connectivity index (χ1n) is 10.2. The Labute approximate surface area is 197 Å². The number of amides is 1. The molecule has 1 heterocycles. The summed E-state index contributed by atoms with van der Waals surface area (Å²) in [6.45, 7) is 0.533. The molecule has 1 fully saturated rings. The summed E-state index contributed by atoms with van der Waals surface area (Å²) in [6, 6.07) is 4.87. The van der Waals surface area contributed by atoms with Crippen LogP contribution >= 0.6 is 0 Å². The zero-order chi connectivity index (χ0) is 26.3. The predicted molar refractivity (Wildman–Crippen MR) is 112 cm³/mol. The minimum atomic E-state index is -4.77. The van der Waals surface area contributed by atoms with E-state index >= 15 is 0 Å². The van der Waals surface area contributed by atoms with Gasteiger partial charge in [0.25, 0.3) is 12.3 Å². The van der Waals surface area contributed by atoms with E-state index in [1.54, 1.807) is 0 Å². The highest BCUT2D eigenvalue weighted by Crippen LogP contribution is 2.40. The smallest absolute Gasteiger partial charge is 0.425 e. The lowest BCUT2D eigenvalue weighted by atomic mass is 9.89. The molecule has 35 heavy (non-hydrogen) atoms. The third-order valence-electron chi connectivity index (χ3n) is 5.55. The van der Waals surface area contributed by atoms with Gasteiger partial charge in [-0.2, -0.15) is 13.2 Å². The van der Waals surface area contributed by atoms with E-state index in [1.165, 1.54) is 6.07 Å². The van der Waals surface area contributed by atoms with Crippen molar-refractivity contribution in [2.24, 2.45) is 0 Å². The second-order valence-electron chi connectivity index (χ2n) is 8.03. The molecule has 0 N–H and O–H groups in total. The van der Waals surface area contributed by atoms with Crippen LogP contribution < -0.4 is 9.47 Å². The van der Waals surface area contributed by atoms with Crippen LogP contribution in [0.5, 0.6) is 11.5 Å². The zero-order valence-electron chi connectivity index (χ0n) is 18.7. The number of sulfone groups is 1. The summed E-state index contributed by atoms with van der Waals surface area (Å²) in [7, 11) is -2.89. The van der Waals surface area contributed by atoms with E-state index in [1.807, 2.05) is 0 Å². The van der Waals surface area contributed by atoms with E-state index in [-0.39, 0.29) is 18.7 Å². The van der Waals surface area contributed by atoms with Crippen LogP contribution in [0.15, 0.2) is 35.2 Å². The molecule has 1 amide bonds. The molecule has 0 saturated carbocycles. The van der Waals surface area contributed by atoms with E-state index in [0.717, 1.165) is 43.4 Å². The topological polar surface area (TPSA) is 72.9 Å². The molecule has 0 aliphatic carbocycles. The van der Waals surface area contributed by atoms with E-state index < -0.39 is 73.7 Å². The van der Waals surface area contributed by atoms with Crippen molar-refractivity contribution in [1.29, 1.82) is 0 Å². The van der Waals surface area contributed by atoms with E-state index in [0.29, 0.717) is 6.07 Å². The summed E-state index contributed by atoms with van der Waals surface area (Å²) >= 11 is 0. The highest BCUT2D eigenvalue weighted by molar-refractivity contribution is 7.90. The summed E-state index contributed by atoms with van der Waals surface area (Å²) in [5, 5.41) is 0. The summed E-state index contributed by atoms with van der Waals surface area (Å²) in [5.41, 5.74) is -0.933. The minimum absolute atomic E-state index is 0.0930. The lowest BCUT2D eigenvalue weighted by molar-refractivity contribution is -0.189. The number of carbonyl (C=O) groups is 1. The normalized spacial score (nSPS) is 15.7. The molecule has 192 valence electrons. The van der Waals surface area contributed by atoms with Crippen molar-refractivity contribution >= 4 is 15.7 Å². The standard InChI is InChI=1S/C22H21F6NO5S/c1-11(22(26,27)28)34-16-6-7-17(35(3,31)32)19(33-2)18(16)21(30)29-9-13(10-29)14-5-4-12(20(24)25)8-15(14)23/h4-8,11,13,20H,9-10H2,1-3H3/t11-/m0/s1. The maximum Gasteiger partial charge on any atom is 0.425 e. The van der Waals surface area contributed by atoms with Crippen molar-refractivity contribution in [2.45, 2.75) is 36.4 Å². The molecule has 1 aliphatic rings. The van der Waals surface area contributed by atoms with Gasteiger partial charge in [0.15, 0.2) is 21.7 Å². The second-order valence-corrected chi connectivity index (χ2v) is 10.0. The average Bonchev–Trinajstić information content (AvgIpc) is 2.71. The van der Waals surface area contributed by atoms with Crippen LogP contribution in [0.25, 0.3) is 0 Å². The summed E-state index contributed by atoms with van der Waals surface area (Å²) in [4.78, 5) is 13.9. The maximum atomic E-state index is 14.3. The van der Waals surface area contributed by atoms with Gasteiger partial charge >= 0.3 is 6.18 Å². The number of alkyl halides is 5. The first-order chi connectivity index (χ1) is 16.1. The lowest BCUT2D eigenvalue weighted by Gasteiger charge is -2.40. The monoisotopic (exact) mass is 525 g/mol. The van der Waals surface area contributed by atoms with Crippen LogP contribution in [-0.4, -0.2) is 58.0 Å². The lowest BCUT2D eigenvalue weighted by Crippen LogP contribution is -2.49. The number of hydrogen-bond acceptors (Lipinski definition) is 5. The van der Waals surface area contributed by atoms with Crippen molar-refractivity contribution < 1.29 is 49.0 Å². The fourth-order valence-electron chi connectivity index (χ4n) is 3.61. The van der Waals surface area contributed by atoms with E-state index in [2.05, 4.69) is 0 Å². The molecule has 2 aromatic rings. The van der Waals surface area contributed by atoms with Gasteiger partial charge in [0.2, 0.25) is 0 Å². The van der Waals surface area contributed by atoms with Crippen LogP contribution in [0.3, 0.4) is 0 Å². The van der Waals surface area contributed by atoms with Crippen molar-refractivity contribution in [3.63, 3.8) is 0 Å². The molecule has 0 aromatic heterocycles. The highest BCUT2D eigenvalue weighted by atomic mass is 32.2. The summed E-state index contributed by atoms with van der Waals surface area (Å²) < 4.78 is 113. The van der Waals surface area contributed by atoms with Crippen LogP contribution in [-0.2, 0) is 9.84 Å². The fraction of sp³-hybridized carbons (Fsp3) is 0.409. The number of halogens is 6. The number of ether oxygens (including phenoxy) is 2. The van der Waals surface area contributed by atoms with Gasteiger partial charge in [0, 0.05) is 30.8 Å². The van der Waals surface area contributed by atoms with E-state index in [4.69, 9.17) is 9.47 Å². The van der Waals surface area contributed by atoms with Gasteiger partial charge in [0.1, 0.15) is 22.0 Å². The van der Waals surface area contributed by atoms with Crippen molar-refractivity contribution in [1.82, 2.24) is 4.90 Å². The first kappa shape index (κ1) is 26.6. The van der Waals surface area contributed by atoms with Crippen LogP contribution in [0.1, 0.15) is 40.8 Å². The number of carbonyl (C=O) groups excluding carboxylic acids is 1. The average molecular weight is 525 g/mol. The number of methoxy groups -OCH3 is 1. The Bertz CT molecular complexity index is 1230. The maximum absolute atomic E-state index is 14.3. The second kappa shape index (κ2) is 9.59. The van der Waals surface area contributed by atoms with Crippen molar-refractivity contribution in [3.05, 3.63) is 52.8 Å².